The minimum Gasteiger partial charge on any atom is -0.493 e. The van der Waals surface area contributed by atoms with Crippen molar-refractivity contribution in [3.8, 4) is 23.3 Å². The lowest BCUT2D eigenvalue weighted by molar-refractivity contribution is 0.320. The van der Waals surface area contributed by atoms with Crippen molar-refractivity contribution in [3.63, 3.8) is 0 Å². The van der Waals surface area contributed by atoms with Gasteiger partial charge >= 0.3 is 0 Å². The molecule has 0 radical (unpaired) electrons. The molecular weight excluding hydrogens is 260 g/mol. The van der Waals surface area contributed by atoms with Crippen LogP contribution < -0.4 is 9.47 Å². The topological polar surface area (TPSA) is 18.5 Å². The summed E-state index contributed by atoms with van der Waals surface area (Å²) in [5.74, 6) is 7.86. The van der Waals surface area contributed by atoms with Crippen molar-refractivity contribution in [1.82, 2.24) is 0 Å². The number of halogens is 1. The van der Waals surface area contributed by atoms with Crippen LogP contribution in [0.4, 0.5) is 0 Å². The molecule has 1 aromatic rings. The van der Waals surface area contributed by atoms with Gasteiger partial charge < -0.3 is 9.47 Å². The zero-order valence-corrected chi connectivity index (χ0v) is 12.8. The van der Waals surface area contributed by atoms with Gasteiger partial charge in [-0.25, -0.2) is 0 Å². The minimum atomic E-state index is 0.276. The maximum absolute atomic E-state index is 6.22. The first-order valence-electron chi connectivity index (χ1n) is 6.62. The summed E-state index contributed by atoms with van der Waals surface area (Å²) in [6.45, 7) is 9.05. The lowest BCUT2D eigenvalue weighted by Crippen LogP contribution is -2.03. The largest absolute Gasteiger partial charge is 0.493 e. The van der Waals surface area contributed by atoms with E-state index in [1.54, 1.807) is 0 Å². The van der Waals surface area contributed by atoms with Crippen molar-refractivity contribution >= 4 is 11.6 Å². The number of ether oxygens (including phenoxy) is 2. The van der Waals surface area contributed by atoms with Crippen LogP contribution in [0.15, 0.2) is 12.1 Å². The van der Waals surface area contributed by atoms with Crippen LogP contribution in [0.1, 0.15) is 33.3 Å². The van der Waals surface area contributed by atoms with E-state index in [-0.39, 0.29) is 5.92 Å². The molecule has 1 atom stereocenters. The van der Waals surface area contributed by atoms with Crippen LogP contribution in [-0.4, -0.2) is 13.2 Å². The van der Waals surface area contributed by atoms with Crippen LogP contribution in [0.3, 0.4) is 0 Å². The molecule has 0 aliphatic rings. The zero-order chi connectivity index (χ0) is 14.3. The molecule has 0 aromatic heterocycles. The Morgan fingerprint density at radius 3 is 2.37 bits per heavy atom. The average molecular weight is 281 g/mol. The Morgan fingerprint density at radius 1 is 1.16 bits per heavy atom. The van der Waals surface area contributed by atoms with Crippen molar-refractivity contribution in [1.29, 1.82) is 0 Å². The molecule has 2 nitrogen and oxygen atoms in total. The van der Waals surface area contributed by atoms with Crippen molar-refractivity contribution in [3.05, 3.63) is 22.7 Å². The maximum Gasteiger partial charge on any atom is 0.141 e. The first kappa shape index (κ1) is 15.7. The third-order valence-electron chi connectivity index (χ3n) is 2.63. The van der Waals surface area contributed by atoms with Crippen molar-refractivity contribution < 1.29 is 9.47 Å². The quantitative estimate of drug-likeness (QED) is 0.722. The van der Waals surface area contributed by atoms with Gasteiger partial charge in [0.05, 0.1) is 18.2 Å². The van der Waals surface area contributed by atoms with Crippen LogP contribution in [0.2, 0.25) is 5.02 Å². The Bertz CT molecular complexity index is 472. The minimum absolute atomic E-state index is 0.276. The van der Waals surface area contributed by atoms with Gasteiger partial charge in [0.1, 0.15) is 11.5 Å². The molecular formula is C16H21ClO2. The van der Waals surface area contributed by atoms with E-state index < -0.39 is 0 Å². The van der Waals surface area contributed by atoms with E-state index in [0.29, 0.717) is 24.0 Å². The van der Waals surface area contributed by atoms with Crippen molar-refractivity contribution in [2.24, 2.45) is 5.92 Å². The summed E-state index contributed by atoms with van der Waals surface area (Å²) in [4.78, 5) is 0. The highest BCUT2D eigenvalue weighted by atomic mass is 35.5. The van der Waals surface area contributed by atoms with Gasteiger partial charge in [0.2, 0.25) is 0 Å². The second kappa shape index (κ2) is 7.96. The predicted molar refractivity (Wildman–Crippen MR) is 80.1 cm³/mol. The van der Waals surface area contributed by atoms with Crippen LogP contribution in [0.25, 0.3) is 0 Å². The van der Waals surface area contributed by atoms with Gasteiger partial charge in [0.15, 0.2) is 0 Å². The van der Waals surface area contributed by atoms with Gasteiger partial charge in [-0.3, -0.25) is 0 Å². The smallest absolute Gasteiger partial charge is 0.141 e. The molecule has 0 bridgehead atoms. The molecule has 1 rings (SSSR count). The van der Waals surface area contributed by atoms with E-state index in [2.05, 4.69) is 18.8 Å². The summed E-state index contributed by atoms with van der Waals surface area (Å²) in [6, 6.07) is 3.79. The van der Waals surface area contributed by atoms with Gasteiger partial charge in [0, 0.05) is 12.0 Å². The van der Waals surface area contributed by atoms with Crippen molar-refractivity contribution in [2.75, 3.05) is 13.2 Å². The lowest BCUT2D eigenvalue weighted by Gasteiger charge is -2.15. The molecule has 0 aliphatic heterocycles. The van der Waals surface area contributed by atoms with E-state index in [1.165, 1.54) is 0 Å². The predicted octanol–water partition coefficient (Wildman–Crippen LogP) is 4.34. The number of hydrogen-bond acceptors (Lipinski definition) is 2. The molecule has 0 spiro atoms. The van der Waals surface area contributed by atoms with Crippen LogP contribution in [-0.2, 0) is 6.42 Å². The summed E-state index contributed by atoms with van der Waals surface area (Å²) >= 11 is 6.22. The Morgan fingerprint density at radius 2 is 1.79 bits per heavy atom. The highest BCUT2D eigenvalue weighted by Crippen LogP contribution is 2.34. The fourth-order valence-corrected chi connectivity index (χ4v) is 2.16. The third kappa shape index (κ3) is 4.69. The summed E-state index contributed by atoms with van der Waals surface area (Å²) < 4.78 is 11.2. The molecule has 0 saturated heterocycles. The molecule has 0 heterocycles. The van der Waals surface area contributed by atoms with E-state index in [0.717, 1.165) is 17.7 Å². The van der Waals surface area contributed by atoms with E-state index in [4.69, 9.17) is 21.1 Å². The summed E-state index contributed by atoms with van der Waals surface area (Å²) in [6.07, 6.45) is 0.822. The van der Waals surface area contributed by atoms with Gasteiger partial charge in [0.25, 0.3) is 0 Å². The molecule has 3 heteroatoms. The lowest BCUT2D eigenvalue weighted by atomic mass is 10.0. The fraction of sp³-hybridized carbons (Fsp3) is 0.500. The first-order chi connectivity index (χ1) is 9.12. The first-order valence-corrected chi connectivity index (χ1v) is 7.00. The summed E-state index contributed by atoms with van der Waals surface area (Å²) in [5, 5.41) is 0.622. The molecule has 0 amide bonds. The summed E-state index contributed by atoms with van der Waals surface area (Å²) in [5.41, 5.74) is 1.07. The van der Waals surface area contributed by atoms with E-state index in [1.807, 2.05) is 32.9 Å². The number of hydrogen-bond donors (Lipinski definition) is 0. The monoisotopic (exact) mass is 280 g/mol. The van der Waals surface area contributed by atoms with Gasteiger partial charge in [-0.15, -0.1) is 11.8 Å². The van der Waals surface area contributed by atoms with Crippen LogP contribution >= 0.6 is 11.6 Å². The average Bonchev–Trinajstić information content (AvgIpc) is 2.35. The van der Waals surface area contributed by atoms with Gasteiger partial charge in [-0.2, -0.15) is 0 Å². The van der Waals surface area contributed by atoms with E-state index >= 15 is 0 Å². The normalized spacial score (nSPS) is 11.4. The summed E-state index contributed by atoms with van der Waals surface area (Å²) in [7, 11) is 0. The Hall–Kier alpha value is -1.33. The maximum atomic E-state index is 6.22. The highest BCUT2D eigenvalue weighted by Gasteiger charge is 2.12. The van der Waals surface area contributed by atoms with Gasteiger partial charge in [-0.1, -0.05) is 18.5 Å². The molecule has 104 valence electrons. The second-order valence-corrected chi connectivity index (χ2v) is 4.66. The molecule has 19 heavy (non-hydrogen) atoms. The molecule has 1 unspecified atom stereocenters. The highest BCUT2D eigenvalue weighted by molar-refractivity contribution is 6.32. The van der Waals surface area contributed by atoms with Crippen molar-refractivity contribution in [2.45, 2.75) is 34.1 Å². The standard InChI is InChI=1S/C16H21ClO2/c1-5-8-12(4)9-13-10-14(17)16(19-7-3)11-15(13)18-6-2/h10-12H,6-7,9H2,1-4H3. The fourth-order valence-electron chi connectivity index (χ4n) is 1.92. The third-order valence-corrected chi connectivity index (χ3v) is 2.93. The van der Waals surface area contributed by atoms with E-state index in [9.17, 15) is 0 Å². The zero-order valence-electron chi connectivity index (χ0n) is 12.0. The molecule has 0 aliphatic carbocycles. The Balaban J connectivity index is 3.06. The second-order valence-electron chi connectivity index (χ2n) is 4.26. The Labute approximate surface area is 121 Å². The molecule has 0 N–H and O–H groups in total. The molecule has 1 aromatic carbocycles. The Kier molecular flexibility index (Phi) is 6.59. The number of benzene rings is 1. The molecule has 0 saturated carbocycles. The van der Waals surface area contributed by atoms with Crippen LogP contribution in [0.5, 0.6) is 11.5 Å². The molecule has 0 fully saturated rings. The van der Waals surface area contributed by atoms with Crippen LogP contribution in [0, 0.1) is 17.8 Å². The number of rotatable bonds is 6. The van der Waals surface area contributed by atoms with Gasteiger partial charge in [-0.05, 0) is 38.8 Å². The SMILES string of the molecule is CC#CC(C)Cc1cc(Cl)c(OCC)cc1OCC.